The summed E-state index contributed by atoms with van der Waals surface area (Å²) in [4.78, 5) is 10.3. The molecule has 0 aliphatic heterocycles. The van der Waals surface area contributed by atoms with Crippen molar-refractivity contribution in [3.05, 3.63) is 11.6 Å². The molecule has 1 rings (SSSR count). The van der Waals surface area contributed by atoms with Gasteiger partial charge in [0.05, 0.1) is 0 Å². The van der Waals surface area contributed by atoms with Crippen LogP contribution in [0.15, 0.2) is 11.6 Å². The Hall–Kier alpha value is -1.07. The van der Waals surface area contributed by atoms with Gasteiger partial charge in [-0.1, -0.05) is 39.0 Å². The van der Waals surface area contributed by atoms with Crippen LogP contribution in [0.25, 0.3) is 0 Å². The summed E-state index contributed by atoms with van der Waals surface area (Å²) >= 11 is 0. The van der Waals surface area contributed by atoms with Crippen LogP contribution in [0.5, 0.6) is 0 Å². The van der Waals surface area contributed by atoms with Crippen molar-refractivity contribution in [3.63, 3.8) is 0 Å². The molecular weight excluding hydrogens is 212 g/mol. The molecule has 0 saturated heterocycles. The highest BCUT2D eigenvalue weighted by Gasteiger charge is 2.48. The van der Waals surface area contributed by atoms with Crippen LogP contribution >= 0.6 is 0 Å². The zero-order valence-electron chi connectivity index (χ0n) is 11.2. The number of aldehydes is 1. The smallest absolute Gasteiger partial charge is 0.143 e. The fourth-order valence-electron chi connectivity index (χ4n) is 2.55. The maximum absolute atomic E-state index is 10.8. The van der Waals surface area contributed by atoms with Gasteiger partial charge in [-0.25, -0.2) is 0 Å². The summed E-state index contributed by atoms with van der Waals surface area (Å²) in [6.45, 7) is 7.96. The second kappa shape index (κ2) is 5.06. The van der Waals surface area contributed by atoms with Crippen LogP contribution in [0.3, 0.4) is 0 Å². The van der Waals surface area contributed by atoms with Crippen LogP contribution in [0.1, 0.15) is 47.0 Å². The van der Waals surface area contributed by atoms with Gasteiger partial charge in [-0.2, -0.15) is 0 Å². The van der Waals surface area contributed by atoms with Crippen molar-refractivity contribution in [3.8, 4) is 11.8 Å². The number of carbonyl (C=O) groups is 1. The zero-order valence-corrected chi connectivity index (χ0v) is 11.2. The Kier molecular flexibility index (Phi) is 4.16. The molecule has 0 heterocycles. The summed E-state index contributed by atoms with van der Waals surface area (Å²) < 4.78 is 0. The standard InChI is InChI=1S/C15H22O2/c1-12(8-11-16)7-10-15(17)13(2)6-5-9-14(15,3)4/h8,11,13,17H,5-6,9H2,1-4H3/b12-8+. The van der Waals surface area contributed by atoms with Crippen LogP contribution in [-0.4, -0.2) is 17.0 Å². The monoisotopic (exact) mass is 234 g/mol. The number of aliphatic hydroxyl groups is 1. The van der Waals surface area contributed by atoms with Gasteiger partial charge in [-0.15, -0.1) is 0 Å². The van der Waals surface area contributed by atoms with Crippen LogP contribution in [0, 0.1) is 23.2 Å². The number of allylic oxidation sites excluding steroid dienone is 2. The molecule has 1 N–H and O–H groups in total. The van der Waals surface area contributed by atoms with Gasteiger partial charge in [-0.05, 0) is 31.8 Å². The van der Waals surface area contributed by atoms with Crippen LogP contribution in [-0.2, 0) is 4.79 Å². The highest BCUT2D eigenvalue weighted by atomic mass is 16.3. The fourth-order valence-corrected chi connectivity index (χ4v) is 2.55. The summed E-state index contributed by atoms with van der Waals surface area (Å²) in [7, 11) is 0. The molecule has 0 radical (unpaired) electrons. The van der Waals surface area contributed by atoms with E-state index >= 15 is 0 Å². The molecule has 0 spiro atoms. The van der Waals surface area contributed by atoms with E-state index in [-0.39, 0.29) is 11.3 Å². The Morgan fingerprint density at radius 1 is 1.47 bits per heavy atom. The first kappa shape index (κ1) is 14.0. The third-order valence-electron chi connectivity index (χ3n) is 3.95. The van der Waals surface area contributed by atoms with E-state index in [1.807, 2.05) is 6.92 Å². The maximum atomic E-state index is 10.8. The van der Waals surface area contributed by atoms with Crippen molar-refractivity contribution in [2.75, 3.05) is 0 Å². The topological polar surface area (TPSA) is 37.3 Å². The SMILES string of the molecule is C/C(C#CC1(O)C(C)CCCC1(C)C)=C\C=O. The molecule has 1 aliphatic rings. The average molecular weight is 234 g/mol. The van der Waals surface area contributed by atoms with Gasteiger partial charge < -0.3 is 5.11 Å². The Labute approximate surface area is 104 Å². The number of hydrogen-bond donors (Lipinski definition) is 1. The second-order valence-corrected chi connectivity index (χ2v) is 5.68. The van der Waals surface area contributed by atoms with Crippen molar-refractivity contribution in [2.24, 2.45) is 11.3 Å². The van der Waals surface area contributed by atoms with Gasteiger partial charge in [0.2, 0.25) is 0 Å². The van der Waals surface area contributed by atoms with Gasteiger partial charge in [-0.3, -0.25) is 4.79 Å². The molecule has 2 unspecified atom stereocenters. The van der Waals surface area contributed by atoms with E-state index in [4.69, 9.17) is 0 Å². The van der Waals surface area contributed by atoms with E-state index < -0.39 is 5.60 Å². The highest BCUT2D eigenvalue weighted by Crippen LogP contribution is 2.46. The molecule has 0 aromatic carbocycles. The second-order valence-electron chi connectivity index (χ2n) is 5.68. The Morgan fingerprint density at radius 2 is 2.12 bits per heavy atom. The summed E-state index contributed by atoms with van der Waals surface area (Å²) in [5.74, 6) is 6.08. The minimum absolute atomic E-state index is 0.169. The molecule has 94 valence electrons. The molecule has 1 aliphatic carbocycles. The van der Waals surface area contributed by atoms with Crippen molar-refractivity contribution >= 4 is 6.29 Å². The first-order valence-corrected chi connectivity index (χ1v) is 6.21. The molecule has 2 nitrogen and oxygen atoms in total. The Balaban J connectivity index is 3.05. The van der Waals surface area contributed by atoms with Crippen molar-refractivity contribution in [1.82, 2.24) is 0 Å². The van der Waals surface area contributed by atoms with E-state index in [9.17, 15) is 9.90 Å². The van der Waals surface area contributed by atoms with E-state index in [0.29, 0.717) is 5.57 Å². The van der Waals surface area contributed by atoms with Gasteiger partial charge in [0.25, 0.3) is 0 Å². The number of hydrogen-bond acceptors (Lipinski definition) is 2. The first-order chi connectivity index (χ1) is 7.83. The third kappa shape index (κ3) is 2.79. The minimum atomic E-state index is -0.955. The Morgan fingerprint density at radius 3 is 2.65 bits per heavy atom. The molecule has 0 bridgehead atoms. The van der Waals surface area contributed by atoms with E-state index in [1.165, 1.54) is 6.08 Å². The molecule has 1 saturated carbocycles. The summed E-state index contributed by atoms with van der Waals surface area (Å²) in [5, 5.41) is 10.8. The molecular formula is C15H22O2. The third-order valence-corrected chi connectivity index (χ3v) is 3.95. The van der Waals surface area contributed by atoms with Crippen LogP contribution < -0.4 is 0 Å². The lowest BCUT2D eigenvalue weighted by molar-refractivity contribution is -0.104. The fraction of sp³-hybridized carbons (Fsp3) is 0.667. The molecule has 0 amide bonds. The normalized spacial score (nSPS) is 32.5. The lowest BCUT2D eigenvalue weighted by Gasteiger charge is -2.47. The number of rotatable bonds is 1. The predicted molar refractivity (Wildman–Crippen MR) is 69.3 cm³/mol. The molecule has 2 atom stereocenters. The van der Waals surface area contributed by atoms with Gasteiger partial charge in [0.1, 0.15) is 11.9 Å². The van der Waals surface area contributed by atoms with Crippen molar-refractivity contribution in [2.45, 2.75) is 52.6 Å². The predicted octanol–water partition coefficient (Wildman–Crippen LogP) is 2.71. The number of carbonyl (C=O) groups excluding carboxylic acids is 1. The van der Waals surface area contributed by atoms with Crippen molar-refractivity contribution in [1.29, 1.82) is 0 Å². The summed E-state index contributed by atoms with van der Waals surface area (Å²) in [5.41, 5.74) is -0.454. The molecule has 1 fully saturated rings. The van der Waals surface area contributed by atoms with Crippen LogP contribution in [0.4, 0.5) is 0 Å². The lowest BCUT2D eigenvalue weighted by Crippen LogP contribution is -2.51. The van der Waals surface area contributed by atoms with Crippen LogP contribution in [0.2, 0.25) is 0 Å². The van der Waals surface area contributed by atoms with Gasteiger partial charge >= 0.3 is 0 Å². The average Bonchev–Trinajstić information content (AvgIpc) is 2.24. The summed E-state index contributed by atoms with van der Waals surface area (Å²) in [6, 6.07) is 0. The first-order valence-electron chi connectivity index (χ1n) is 6.21. The van der Waals surface area contributed by atoms with Gasteiger partial charge in [0, 0.05) is 11.0 Å². The minimum Gasteiger partial charge on any atom is -0.377 e. The van der Waals surface area contributed by atoms with Gasteiger partial charge in [0.15, 0.2) is 0 Å². The molecule has 0 aromatic heterocycles. The molecule has 0 aromatic rings. The zero-order chi connectivity index (χ0) is 13.1. The van der Waals surface area contributed by atoms with E-state index in [0.717, 1.165) is 25.5 Å². The van der Waals surface area contributed by atoms with E-state index in [1.54, 1.807) is 6.92 Å². The van der Waals surface area contributed by atoms with E-state index in [2.05, 4.69) is 25.7 Å². The molecule has 2 heteroatoms. The Bertz CT molecular complexity index is 381. The quantitative estimate of drug-likeness (QED) is 0.430. The maximum Gasteiger partial charge on any atom is 0.143 e. The largest absolute Gasteiger partial charge is 0.377 e. The van der Waals surface area contributed by atoms with Crippen molar-refractivity contribution < 1.29 is 9.90 Å². The molecule has 17 heavy (non-hydrogen) atoms. The summed E-state index contributed by atoms with van der Waals surface area (Å²) in [6.07, 6.45) is 5.28. The highest BCUT2D eigenvalue weighted by molar-refractivity contribution is 5.67. The lowest BCUT2D eigenvalue weighted by atomic mass is 9.61.